The molecule has 0 unspecified atom stereocenters. The second-order valence-electron chi connectivity index (χ2n) is 7.58. The van der Waals surface area contributed by atoms with Gasteiger partial charge in [-0.2, -0.15) is 0 Å². The summed E-state index contributed by atoms with van der Waals surface area (Å²) in [6, 6.07) is 10.3. The Bertz CT molecular complexity index is 612. The zero-order valence-corrected chi connectivity index (χ0v) is 15.1. The van der Waals surface area contributed by atoms with Crippen LogP contribution in [0.15, 0.2) is 30.3 Å². The molecular weight excluding hydrogens is 316 g/mol. The van der Waals surface area contributed by atoms with Crippen LogP contribution in [0.25, 0.3) is 0 Å². The van der Waals surface area contributed by atoms with Gasteiger partial charge in [0.15, 0.2) is 0 Å². The molecule has 25 heavy (non-hydrogen) atoms. The Morgan fingerprint density at radius 2 is 1.92 bits per heavy atom. The van der Waals surface area contributed by atoms with E-state index in [2.05, 4.69) is 19.1 Å². The minimum atomic E-state index is -0.306. The van der Waals surface area contributed by atoms with Gasteiger partial charge in [0.25, 0.3) is 0 Å². The van der Waals surface area contributed by atoms with E-state index >= 15 is 0 Å². The number of aliphatic hydroxyl groups excluding tert-OH is 1. The number of esters is 1. The van der Waals surface area contributed by atoms with Crippen molar-refractivity contribution in [1.82, 2.24) is 0 Å². The van der Waals surface area contributed by atoms with Crippen LogP contribution in [0.3, 0.4) is 0 Å². The van der Waals surface area contributed by atoms with Crippen LogP contribution in [0.4, 0.5) is 0 Å². The Balaban J connectivity index is 1.94. The molecule has 2 saturated carbocycles. The number of carbonyl (C=O) groups excluding carboxylic acids is 2. The first-order valence-corrected chi connectivity index (χ1v) is 9.41. The molecule has 0 radical (unpaired) electrons. The van der Waals surface area contributed by atoms with Gasteiger partial charge in [-0.3, -0.25) is 9.59 Å². The number of ketones is 1. The smallest absolute Gasteiger partial charge is 0.302 e. The first kappa shape index (κ1) is 18.1. The van der Waals surface area contributed by atoms with E-state index in [1.165, 1.54) is 12.5 Å². The molecule has 0 amide bonds. The minimum absolute atomic E-state index is 0.0107. The van der Waals surface area contributed by atoms with E-state index in [0.29, 0.717) is 12.4 Å². The quantitative estimate of drug-likeness (QED) is 0.805. The summed E-state index contributed by atoms with van der Waals surface area (Å²) in [6.45, 7) is 3.90. The van der Waals surface area contributed by atoms with Gasteiger partial charge < -0.3 is 9.84 Å². The molecule has 0 aromatic heterocycles. The highest BCUT2D eigenvalue weighted by Crippen LogP contribution is 2.58. The molecule has 1 aromatic rings. The topological polar surface area (TPSA) is 63.6 Å². The van der Waals surface area contributed by atoms with Gasteiger partial charge in [-0.05, 0) is 36.2 Å². The summed E-state index contributed by atoms with van der Waals surface area (Å²) in [5.74, 6) is 0.367. The molecule has 3 rings (SSSR count). The summed E-state index contributed by atoms with van der Waals surface area (Å²) >= 11 is 0. The second-order valence-corrected chi connectivity index (χ2v) is 7.58. The maximum absolute atomic E-state index is 13.3. The summed E-state index contributed by atoms with van der Waals surface area (Å²) < 4.78 is 5.24. The third-order valence-corrected chi connectivity index (χ3v) is 6.13. The van der Waals surface area contributed by atoms with E-state index in [9.17, 15) is 14.7 Å². The van der Waals surface area contributed by atoms with Crippen molar-refractivity contribution in [3.63, 3.8) is 0 Å². The van der Waals surface area contributed by atoms with Crippen molar-refractivity contribution in [3.05, 3.63) is 35.9 Å². The predicted molar refractivity (Wildman–Crippen MR) is 94.9 cm³/mol. The number of aliphatic hydroxyl groups is 1. The molecule has 2 fully saturated rings. The van der Waals surface area contributed by atoms with E-state index in [0.717, 1.165) is 19.3 Å². The van der Waals surface area contributed by atoms with Gasteiger partial charge in [0, 0.05) is 31.3 Å². The largest absolute Gasteiger partial charge is 0.466 e. The number of carbonyl (C=O) groups is 2. The fraction of sp³-hybridized carbons (Fsp3) is 0.619. The van der Waals surface area contributed by atoms with Gasteiger partial charge in [0.05, 0.1) is 6.61 Å². The van der Waals surface area contributed by atoms with Crippen molar-refractivity contribution < 1.29 is 19.4 Å². The van der Waals surface area contributed by atoms with Gasteiger partial charge in [-0.1, -0.05) is 43.7 Å². The molecule has 2 aliphatic rings. The van der Waals surface area contributed by atoms with E-state index in [-0.39, 0.29) is 48.1 Å². The van der Waals surface area contributed by atoms with Crippen molar-refractivity contribution in [3.8, 4) is 0 Å². The van der Waals surface area contributed by atoms with Gasteiger partial charge in [-0.25, -0.2) is 0 Å². The molecule has 6 atom stereocenters. The number of hydrogen-bond acceptors (Lipinski definition) is 4. The first-order chi connectivity index (χ1) is 12.1. The lowest BCUT2D eigenvalue weighted by Crippen LogP contribution is -2.25. The highest BCUT2D eigenvalue weighted by atomic mass is 16.5. The maximum atomic E-state index is 13.3. The van der Waals surface area contributed by atoms with Crippen molar-refractivity contribution in [2.75, 3.05) is 13.2 Å². The lowest BCUT2D eigenvalue weighted by molar-refractivity contribution is -0.143. The molecule has 2 aliphatic carbocycles. The molecule has 1 N–H and O–H groups in total. The lowest BCUT2D eigenvalue weighted by atomic mass is 9.76. The molecule has 0 aliphatic heterocycles. The van der Waals surface area contributed by atoms with Crippen LogP contribution in [0.2, 0.25) is 0 Å². The lowest BCUT2D eigenvalue weighted by Gasteiger charge is -2.27. The van der Waals surface area contributed by atoms with Gasteiger partial charge in [0.2, 0.25) is 0 Å². The standard InChI is InChI=1S/C21H28O4/c1-3-7-17-18(14-8-5-4-6-9-14)19-15(11-22)10-16(12-25-13(2)23)20(19)21(17)24/h4-6,8-9,15-20,22H,3,7,10-12H2,1-2H3/t15-,16+,17-,18-,19+,20+/m0/s1. The molecule has 4 heteroatoms. The maximum Gasteiger partial charge on any atom is 0.302 e. The van der Waals surface area contributed by atoms with Crippen LogP contribution >= 0.6 is 0 Å². The highest BCUT2D eigenvalue weighted by molar-refractivity contribution is 5.88. The normalized spacial score (nSPS) is 34.1. The van der Waals surface area contributed by atoms with E-state index in [4.69, 9.17) is 4.74 Å². The summed E-state index contributed by atoms with van der Waals surface area (Å²) in [4.78, 5) is 24.5. The second kappa shape index (κ2) is 7.69. The number of fused-ring (bicyclic) bond motifs is 1. The van der Waals surface area contributed by atoms with Gasteiger partial charge >= 0.3 is 5.97 Å². The minimum Gasteiger partial charge on any atom is -0.466 e. The monoisotopic (exact) mass is 344 g/mol. The highest BCUT2D eigenvalue weighted by Gasteiger charge is 2.58. The summed E-state index contributed by atoms with van der Waals surface area (Å²) in [7, 11) is 0. The Morgan fingerprint density at radius 3 is 2.52 bits per heavy atom. The summed E-state index contributed by atoms with van der Waals surface area (Å²) in [6.07, 6.45) is 2.61. The number of benzene rings is 1. The number of Topliss-reactive ketones (excluding diaryl/α,β-unsaturated/α-hetero) is 1. The van der Waals surface area contributed by atoms with E-state index in [1.807, 2.05) is 18.2 Å². The average molecular weight is 344 g/mol. The Morgan fingerprint density at radius 1 is 1.20 bits per heavy atom. The number of rotatable bonds is 6. The van der Waals surface area contributed by atoms with Crippen LogP contribution in [-0.2, 0) is 14.3 Å². The Hall–Kier alpha value is -1.68. The molecule has 0 spiro atoms. The molecule has 0 heterocycles. The third-order valence-electron chi connectivity index (χ3n) is 6.13. The zero-order valence-electron chi connectivity index (χ0n) is 15.1. The summed E-state index contributed by atoms with van der Waals surface area (Å²) in [5.41, 5.74) is 1.20. The van der Waals surface area contributed by atoms with E-state index < -0.39 is 0 Å². The Labute approximate surface area is 149 Å². The molecular formula is C21H28O4. The zero-order chi connectivity index (χ0) is 18.0. The SMILES string of the molecule is CCC[C@@H]1C(=O)[C@@H]2[C@@H](COC(C)=O)C[C@@H](CO)[C@@H]2[C@H]1c1ccccc1. The third kappa shape index (κ3) is 3.37. The number of hydrogen-bond donors (Lipinski definition) is 1. The molecule has 1 aromatic carbocycles. The van der Waals surface area contributed by atoms with E-state index in [1.54, 1.807) is 0 Å². The van der Waals surface area contributed by atoms with Crippen molar-refractivity contribution in [1.29, 1.82) is 0 Å². The number of ether oxygens (including phenoxy) is 1. The molecule has 0 bridgehead atoms. The molecule has 0 saturated heterocycles. The molecule has 136 valence electrons. The van der Waals surface area contributed by atoms with Crippen molar-refractivity contribution >= 4 is 11.8 Å². The fourth-order valence-electron chi connectivity index (χ4n) is 5.29. The van der Waals surface area contributed by atoms with Crippen molar-refractivity contribution in [2.45, 2.75) is 39.0 Å². The molecule has 4 nitrogen and oxygen atoms in total. The van der Waals surface area contributed by atoms with Crippen LogP contribution in [0.5, 0.6) is 0 Å². The fourth-order valence-corrected chi connectivity index (χ4v) is 5.29. The Kier molecular flexibility index (Phi) is 5.57. The average Bonchev–Trinajstić information content (AvgIpc) is 3.11. The van der Waals surface area contributed by atoms with Crippen LogP contribution in [-0.4, -0.2) is 30.1 Å². The summed E-state index contributed by atoms with van der Waals surface area (Å²) in [5, 5.41) is 9.96. The van der Waals surface area contributed by atoms with Crippen LogP contribution in [0.1, 0.15) is 44.6 Å². The van der Waals surface area contributed by atoms with Gasteiger partial charge in [0.1, 0.15) is 5.78 Å². The van der Waals surface area contributed by atoms with Gasteiger partial charge in [-0.15, -0.1) is 0 Å². The van der Waals surface area contributed by atoms with Crippen LogP contribution < -0.4 is 0 Å². The first-order valence-electron chi connectivity index (χ1n) is 9.41. The van der Waals surface area contributed by atoms with Crippen LogP contribution in [0, 0.1) is 29.6 Å². The van der Waals surface area contributed by atoms with Crippen molar-refractivity contribution in [2.24, 2.45) is 29.6 Å². The predicted octanol–water partition coefficient (Wildman–Crippen LogP) is 3.19.